The van der Waals surface area contributed by atoms with E-state index in [1.165, 1.54) is 19.4 Å². The molecule has 5 heteroatoms. The first-order valence-electron chi connectivity index (χ1n) is 4.66. The standard InChI is InChI=1S/C8H16NO3P/c1-9-5-2-3-8(7-9)4-6-12-13(10)11/h8H,2-7H2,1H3/p+1. The van der Waals surface area contributed by atoms with Gasteiger partial charge in [-0.3, -0.25) is 0 Å². The third-order valence-electron chi connectivity index (χ3n) is 2.45. The summed E-state index contributed by atoms with van der Waals surface area (Å²) in [5.74, 6) is 0.633. The summed E-state index contributed by atoms with van der Waals surface area (Å²) in [7, 11) is -0.291. The molecule has 0 aromatic carbocycles. The molecule has 0 aliphatic carbocycles. The molecule has 0 saturated carbocycles. The molecule has 0 spiro atoms. The Bertz CT molecular complexity index is 177. The lowest BCUT2D eigenvalue weighted by Crippen LogP contribution is -2.32. The Hall–Kier alpha value is -0.0200. The average molecular weight is 206 g/mol. The molecule has 1 saturated heterocycles. The topological polar surface area (TPSA) is 49.8 Å². The third-order valence-corrected chi connectivity index (χ3v) is 2.85. The summed E-state index contributed by atoms with van der Waals surface area (Å²) < 4.78 is 14.8. The van der Waals surface area contributed by atoms with Crippen molar-refractivity contribution < 1.29 is 14.0 Å². The first-order valence-corrected chi connectivity index (χ1v) is 5.79. The molecule has 1 fully saturated rings. The van der Waals surface area contributed by atoms with Crippen molar-refractivity contribution in [2.75, 3.05) is 26.7 Å². The van der Waals surface area contributed by atoms with E-state index in [0.717, 1.165) is 13.0 Å². The maximum absolute atomic E-state index is 10.2. The van der Waals surface area contributed by atoms with Crippen LogP contribution >= 0.6 is 8.25 Å². The summed E-state index contributed by atoms with van der Waals surface area (Å²) in [6, 6.07) is 0. The van der Waals surface area contributed by atoms with Crippen LogP contribution in [0, 0.1) is 5.92 Å². The molecule has 0 radical (unpaired) electrons. The van der Waals surface area contributed by atoms with E-state index in [4.69, 9.17) is 4.89 Å². The molecule has 1 N–H and O–H groups in total. The lowest BCUT2D eigenvalue weighted by atomic mass is 9.96. The van der Waals surface area contributed by atoms with Gasteiger partial charge >= 0.3 is 8.25 Å². The van der Waals surface area contributed by atoms with E-state index < -0.39 is 8.25 Å². The van der Waals surface area contributed by atoms with Crippen LogP contribution in [0.25, 0.3) is 0 Å². The number of hydrogen-bond acceptors (Lipinski definition) is 3. The molecular formula is C8H17NO3P+. The molecule has 0 aromatic heterocycles. The van der Waals surface area contributed by atoms with Gasteiger partial charge in [-0.05, 0) is 38.8 Å². The van der Waals surface area contributed by atoms with Crippen LogP contribution in [0.2, 0.25) is 0 Å². The van der Waals surface area contributed by atoms with Crippen LogP contribution in [0.3, 0.4) is 0 Å². The van der Waals surface area contributed by atoms with Gasteiger partial charge in [0.2, 0.25) is 0 Å². The van der Waals surface area contributed by atoms with Crippen molar-refractivity contribution in [3.8, 4) is 0 Å². The maximum atomic E-state index is 10.2. The van der Waals surface area contributed by atoms with Gasteiger partial charge < -0.3 is 4.90 Å². The van der Waals surface area contributed by atoms with Crippen LogP contribution in [-0.4, -0.2) is 36.5 Å². The fraction of sp³-hybridized carbons (Fsp3) is 1.00. The minimum Gasteiger partial charge on any atom is -0.306 e. The lowest BCUT2D eigenvalue weighted by molar-refractivity contribution is 0.175. The second-order valence-electron chi connectivity index (χ2n) is 3.63. The Labute approximate surface area is 79.8 Å². The predicted octanol–water partition coefficient (Wildman–Crippen LogP) is 1.38. The molecule has 0 amide bonds. The molecule has 76 valence electrons. The van der Waals surface area contributed by atoms with E-state index in [1.807, 2.05) is 0 Å². The van der Waals surface area contributed by atoms with Gasteiger partial charge in [-0.2, -0.15) is 0 Å². The van der Waals surface area contributed by atoms with Crippen molar-refractivity contribution in [3.05, 3.63) is 0 Å². The fourth-order valence-electron chi connectivity index (χ4n) is 1.81. The molecule has 1 rings (SSSR count). The van der Waals surface area contributed by atoms with E-state index in [9.17, 15) is 4.57 Å². The highest BCUT2D eigenvalue weighted by Gasteiger charge is 2.19. The summed E-state index contributed by atoms with van der Waals surface area (Å²) in [6.45, 7) is 2.67. The Morgan fingerprint density at radius 2 is 2.46 bits per heavy atom. The molecule has 1 heterocycles. The summed E-state index contributed by atoms with van der Waals surface area (Å²) in [5, 5.41) is 0. The molecule has 0 aromatic rings. The van der Waals surface area contributed by atoms with Crippen molar-refractivity contribution in [1.82, 2.24) is 4.90 Å². The first-order chi connectivity index (χ1) is 6.18. The zero-order chi connectivity index (χ0) is 9.68. The van der Waals surface area contributed by atoms with Crippen molar-refractivity contribution >= 4 is 8.25 Å². The molecule has 0 bridgehead atoms. The predicted molar refractivity (Wildman–Crippen MR) is 50.6 cm³/mol. The smallest absolute Gasteiger partial charge is 0.306 e. The number of likely N-dealkylation sites (tertiary alicyclic amines) is 1. The van der Waals surface area contributed by atoms with Crippen molar-refractivity contribution in [3.63, 3.8) is 0 Å². The van der Waals surface area contributed by atoms with Gasteiger partial charge in [0.05, 0.1) is 0 Å². The molecule has 2 atom stereocenters. The fourth-order valence-corrected chi connectivity index (χ4v) is 2.07. The van der Waals surface area contributed by atoms with Crippen molar-refractivity contribution in [2.24, 2.45) is 5.92 Å². The molecule has 4 nitrogen and oxygen atoms in total. The van der Waals surface area contributed by atoms with E-state index in [1.54, 1.807) is 0 Å². The molecule has 2 unspecified atom stereocenters. The largest absolute Gasteiger partial charge is 0.694 e. The van der Waals surface area contributed by atoms with E-state index in [-0.39, 0.29) is 0 Å². The van der Waals surface area contributed by atoms with Crippen LogP contribution in [0.4, 0.5) is 0 Å². The quantitative estimate of drug-likeness (QED) is 0.706. The second kappa shape index (κ2) is 5.66. The number of piperidine rings is 1. The van der Waals surface area contributed by atoms with E-state index in [0.29, 0.717) is 12.5 Å². The number of hydrogen-bond donors (Lipinski definition) is 1. The van der Waals surface area contributed by atoms with Crippen LogP contribution in [0.1, 0.15) is 19.3 Å². The highest BCUT2D eigenvalue weighted by molar-refractivity contribution is 7.32. The van der Waals surface area contributed by atoms with Crippen LogP contribution in [0.15, 0.2) is 0 Å². The summed E-state index contributed by atoms with van der Waals surface area (Å²) in [5.41, 5.74) is 0. The van der Waals surface area contributed by atoms with Gasteiger partial charge in [-0.1, -0.05) is 0 Å². The summed E-state index contributed by atoms with van der Waals surface area (Å²) in [4.78, 5) is 10.7. The Morgan fingerprint density at radius 1 is 1.69 bits per heavy atom. The van der Waals surface area contributed by atoms with E-state index in [2.05, 4.69) is 16.5 Å². The van der Waals surface area contributed by atoms with Crippen LogP contribution in [-0.2, 0) is 9.09 Å². The van der Waals surface area contributed by atoms with Gasteiger partial charge in [-0.25, -0.2) is 0 Å². The van der Waals surface area contributed by atoms with E-state index >= 15 is 0 Å². The Kier molecular flexibility index (Phi) is 4.81. The SMILES string of the molecule is CN1CCCC(CCO[P+](=O)O)C1. The Balaban J connectivity index is 2.10. The summed E-state index contributed by atoms with van der Waals surface area (Å²) >= 11 is 0. The molecule has 13 heavy (non-hydrogen) atoms. The highest BCUT2D eigenvalue weighted by Crippen LogP contribution is 2.21. The molecule has 1 aliphatic heterocycles. The molecule has 1 aliphatic rings. The third kappa shape index (κ3) is 4.67. The zero-order valence-electron chi connectivity index (χ0n) is 7.98. The lowest BCUT2D eigenvalue weighted by Gasteiger charge is -2.28. The van der Waals surface area contributed by atoms with Gasteiger partial charge in [0, 0.05) is 11.1 Å². The van der Waals surface area contributed by atoms with Gasteiger partial charge in [0.15, 0.2) is 0 Å². The maximum Gasteiger partial charge on any atom is 0.694 e. The highest BCUT2D eigenvalue weighted by atomic mass is 31.1. The van der Waals surface area contributed by atoms with Gasteiger partial charge in [0.25, 0.3) is 0 Å². The van der Waals surface area contributed by atoms with Crippen LogP contribution < -0.4 is 0 Å². The van der Waals surface area contributed by atoms with Gasteiger partial charge in [-0.15, -0.1) is 9.42 Å². The molecular weight excluding hydrogens is 189 g/mol. The Morgan fingerprint density at radius 3 is 3.08 bits per heavy atom. The van der Waals surface area contributed by atoms with Crippen LogP contribution in [0.5, 0.6) is 0 Å². The van der Waals surface area contributed by atoms with Crippen molar-refractivity contribution in [2.45, 2.75) is 19.3 Å². The minimum atomic E-state index is -2.40. The summed E-state index contributed by atoms with van der Waals surface area (Å²) in [6.07, 6.45) is 3.34. The number of nitrogens with zero attached hydrogens (tertiary/aromatic N) is 1. The first kappa shape index (κ1) is 11.1. The average Bonchev–Trinajstić information content (AvgIpc) is 2.03. The van der Waals surface area contributed by atoms with Gasteiger partial charge in [0.1, 0.15) is 6.61 Å². The normalized spacial score (nSPS) is 26.0. The minimum absolute atomic E-state index is 0.407. The monoisotopic (exact) mass is 206 g/mol. The zero-order valence-corrected chi connectivity index (χ0v) is 8.87. The second-order valence-corrected chi connectivity index (χ2v) is 4.36. The number of rotatable bonds is 4. The van der Waals surface area contributed by atoms with Crippen molar-refractivity contribution in [1.29, 1.82) is 0 Å².